The van der Waals surface area contributed by atoms with Gasteiger partial charge in [0.15, 0.2) is 0 Å². The highest BCUT2D eigenvalue weighted by atomic mass is 35.5. The van der Waals surface area contributed by atoms with E-state index in [9.17, 15) is 0 Å². The van der Waals surface area contributed by atoms with Crippen molar-refractivity contribution in [3.63, 3.8) is 0 Å². The van der Waals surface area contributed by atoms with Crippen molar-refractivity contribution in [1.29, 1.82) is 0 Å². The van der Waals surface area contributed by atoms with E-state index in [1.807, 2.05) is 19.1 Å². The highest BCUT2D eigenvalue weighted by Crippen LogP contribution is 2.27. The maximum Gasteiger partial charge on any atom is 0.0577 e. The third-order valence-corrected chi connectivity index (χ3v) is 3.42. The molecule has 3 heteroatoms. The van der Waals surface area contributed by atoms with Crippen LogP contribution in [0.2, 0.25) is 0 Å². The monoisotopic (exact) mass is 251 g/mol. The van der Waals surface area contributed by atoms with Crippen LogP contribution in [0.4, 0.5) is 5.69 Å². The molecule has 0 bridgehead atoms. The van der Waals surface area contributed by atoms with Gasteiger partial charge in [-0.15, -0.1) is 11.6 Å². The Morgan fingerprint density at radius 1 is 1.31 bits per heavy atom. The smallest absolute Gasteiger partial charge is 0.0577 e. The van der Waals surface area contributed by atoms with Crippen LogP contribution in [0.25, 0.3) is 0 Å². The van der Waals surface area contributed by atoms with E-state index in [0.29, 0.717) is 0 Å². The van der Waals surface area contributed by atoms with Gasteiger partial charge in [-0.05, 0) is 40.9 Å². The van der Waals surface area contributed by atoms with Crippen molar-refractivity contribution in [3.8, 4) is 0 Å². The Morgan fingerprint density at radius 3 is 2.81 bits per heavy atom. The molecule has 16 heavy (non-hydrogen) atoms. The van der Waals surface area contributed by atoms with Crippen LogP contribution in [0.15, 0.2) is 41.1 Å². The van der Waals surface area contributed by atoms with Crippen molar-refractivity contribution in [1.82, 2.24) is 0 Å². The molecule has 1 heterocycles. The summed E-state index contributed by atoms with van der Waals surface area (Å²) in [6.07, 6.45) is 0. The molecule has 1 nitrogen and oxygen atoms in total. The second-order valence-corrected chi connectivity index (χ2v) is 5.12. The second kappa shape index (κ2) is 5.37. The Morgan fingerprint density at radius 2 is 2.12 bits per heavy atom. The molecule has 84 valence electrons. The average Bonchev–Trinajstić information content (AvgIpc) is 2.79. The van der Waals surface area contributed by atoms with Gasteiger partial charge in [0.2, 0.25) is 0 Å². The SMILES string of the molecule is CC(Cl)c1ccccc1NCc1ccsc1. The highest BCUT2D eigenvalue weighted by Gasteiger charge is 2.06. The fourth-order valence-electron chi connectivity index (χ4n) is 1.60. The Labute approximate surface area is 105 Å². The van der Waals surface area contributed by atoms with Crippen LogP contribution in [0.1, 0.15) is 23.4 Å². The van der Waals surface area contributed by atoms with Gasteiger partial charge in [-0.1, -0.05) is 18.2 Å². The fourth-order valence-corrected chi connectivity index (χ4v) is 2.45. The Kier molecular flexibility index (Phi) is 3.86. The first-order valence-electron chi connectivity index (χ1n) is 5.25. The molecule has 0 aliphatic heterocycles. The lowest BCUT2D eigenvalue weighted by Gasteiger charge is -2.12. The number of para-hydroxylation sites is 1. The summed E-state index contributed by atoms with van der Waals surface area (Å²) < 4.78 is 0. The molecular weight excluding hydrogens is 238 g/mol. The maximum absolute atomic E-state index is 6.13. The molecule has 2 aromatic rings. The van der Waals surface area contributed by atoms with Gasteiger partial charge in [0.25, 0.3) is 0 Å². The van der Waals surface area contributed by atoms with Gasteiger partial charge < -0.3 is 5.32 Å². The van der Waals surface area contributed by atoms with Crippen LogP contribution in [0.3, 0.4) is 0 Å². The molecule has 1 aromatic heterocycles. The van der Waals surface area contributed by atoms with Crippen molar-refractivity contribution in [2.45, 2.75) is 18.8 Å². The summed E-state index contributed by atoms with van der Waals surface area (Å²) in [4.78, 5) is 0. The van der Waals surface area contributed by atoms with E-state index < -0.39 is 0 Å². The number of thiophene rings is 1. The summed E-state index contributed by atoms with van der Waals surface area (Å²) >= 11 is 7.85. The van der Waals surface area contributed by atoms with E-state index in [-0.39, 0.29) is 5.38 Å². The standard InChI is InChI=1S/C13H14ClNS/c1-10(14)12-4-2-3-5-13(12)15-8-11-6-7-16-9-11/h2-7,9-10,15H,8H2,1H3. The van der Waals surface area contributed by atoms with E-state index in [2.05, 4.69) is 34.3 Å². The number of halogens is 1. The highest BCUT2D eigenvalue weighted by molar-refractivity contribution is 7.07. The minimum atomic E-state index is 0.0335. The molecule has 1 atom stereocenters. The molecule has 0 saturated carbocycles. The van der Waals surface area contributed by atoms with E-state index in [4.69, 9.17) is 11.6 Å². The topological polar surface area (TPSA) is 12.0 Å². The van der Waals surface area contributed by atoms with E-state index in [1.54, 1.807) is 11.3 Å². The summed E-state index contributed by atoms with van der Waals surface area (Å²) in [7, 11) is 0. The largest absolute Gasteiger partial charge is 0.381 e. The molecule has 0 fully saturated rings. The lowest BCUT2D eigenvalue weighted by Crippen LogP contribution is -2.01. The minimum absolute atomic E-state index is 0.0335. The van der Waals surface area contributed by atoms with Gasteiger partial charge in [0, 0.05) is 12.2 Å². The predicted octanol–water partition coefficient (Wildman–Crippen LogP) is 4.66. The molecule has 0 radical (unpaired) electrons. The zero-order valence-electron chi connectivity index (χ0n) is 9.11. The van der Waals surface area contributed by atoms with Crippen molar-refractivity contribution in [3.05, 3.63) is 52.2 Å². The van der Waals surface area contributed by atoms with Gasteiger partial charge >= 0.3 is 0 Å². The minimum Gasteiger partial charge on any atom is -0.381 e. The Balaban J connectivity index is 2.09. The molecule has 0 amide bonds. The number of hydrogen-bond donors (Lipinski definition) is 1. The zero-order chi connectivity index (χ0) is 11.4. The Bertz CT molecular complexity index is 437. The first-order valence-corrected chi connectivity index (χ1v) is 6.63. The average molecular weight is 252 g/mol. The van der Waals surface area contributed by atoms with Crippen molar-refractivity contribution < 1.29 is 0 Å². The van der Waals surface area contributed by atoms with E-state index >= 15 is 0 Å². The number of alkyl halides is 1. The zero-order valence-corrected chi connectivity index (χ0v) is 10.7. The summed E-state index contributed by atoms with van der Waals surface area (Å²) in [5, 5.41) is 7.70. The molecule has 2 rings (SSSR count). The molecule has 1 aromatic carbocycles. The number of benzene rings is 1. The number of nitrogens with one attached hydrogen (secondary N) is 1. The number of rotatable bonds is 4. The van der Waals surface area contributed by atoms with Crippen LogP contribution in [0, 0.1) is 0 Å². The van der Waals surface area contributed by atoms with E-state index in [1.165, 1.54) is 5.56 Å². The van der Waals surface area contributed by atoms with Gasteiger partial charge in [0.05, 0.1) is 5.38 Å². The van der Waals surface area contributed by atoms with Gasteiger partial charge in [-0.25, -0.2) is 0 Å². The first-order chi connectivity index (χ1) is 7.77. The quantitative estimate of drug-likeness (QED) is 0.780. The molecule has 0 aliphatic rings. The van der Waals surface area contributed by atoms with Crippen LogP contribution < -0.4 is 5.32 Å². The normalized spacial score (nSPS) is 12.4. The van der Waals surface area contributed by atoms with Crippen molar-refractivity contribution >= 4 is 28.6 Å². The number of anilines is 1. The van der Waals surface area contributed by atoms with Crippen molar-refractivity contribution in [2.75, 3.05) is 5.32 Å². The molecule has 1 unspecified atom stereocenters. The Hall–Kier alpha value is -0.990. The van der Waals surface area contributed by atoms with Crippen LogP contribution in [-0.4, -0.2) is 0 Å². The van der Waals surface area contributed by atoms with Gasteiger partial charge in [-0.2, -0.15) is 11.3 Å². The fraction of sp³-hybridized carbons (Fsp3) is 0.231. The van der Waals surface area contributed by atoms with Crippen LogP contribution in [-0.2, 0) is 6.54 Å². The molecule has 0 aliphatic carbocycles. The molecular formula is C13H14ClNS. The van der Waals surface area contributed by atoms with Crippen LogP contribution >= 0.6 is 22.9 Å². The van der Waals surface area contributed by atoms with Crippen molar-refractivity contribution in [2.24, 2.45) is 0 Å². The maximum atomic E-state index is 6.13. The van der Waals surface area contributed by atoms with Gasteiger partial charge in [0.1, 0.15) is 0 Å². The molecule has 1 N–H and O–H groups in total. The van der Waals surface area contributed by atoms with E-state index in [0.717, 1.165) is 17.8 Å². The summed E-state index contributed by atoms with van der Waals surface area (Å²) in [6.45, 7) is 2.84. The first kappa shape index (κ1) is 11.5. The molecule has 0 saturated heterocycles. The summed E-state index contributed by atoms with van der Waals surface area (Å²) in [5.74, 6) is 0. The van der Waals surface area contributed by atoms with Gasteiger partial charge in [-0.3, -0.25) is 0 Å². The molecule has 0 spiro atoms. The summed E-state index contributed by atoms with van der Waals surface area (Å²) in [6, 6.07) is 10.3. The van der Waals surface area contributed by atoms with Crippen LogP contribution in [0.5, 0.6) is 0 Å². The second-order valence-electron chi connectivity index (χ2n) is 3.69. The third kappa shape index (κ3) is 2.77. The summed E-state index contributed by atoms with van der Waals surface area (Å²) in [5.41, 5.74) is 3.58. The predicted molar refractivity (Wildman–Crippen MR) is 72.4 cm³/mol. The third-order valence-electron chi connectivity index (χ3n) is 2.45. The number of hydrogen-bond acceptors (Lipinski definition) is 2. The lowest BCUT2D eigenvalue weighted by atomic mass is 10.1. The lowest BCUT2D eigenvalue weighted by molar-refractivity contribution is 1.06.